The highest BCUT2D eigenvalue weighted by Gasteiger charge is 2.32. The summed E-state index contributed by atoms with van der Waals surface area (Å²) in [5, 5.41) is -0.240. The van der Waals surface area contributed by atoms with E-state index in [1.54, 1.807) is 30.3 Å². The minimum atomic E-state index is -3.76. The number of rotatable bonds is 4. The van der Waals surface area contributed by atoms with E-state index in [9.17, 15) is 22.8 Å². The maximum Gasteiger partial charge on any atom is 0.332 e. The van der Waals surface area contributed by atoms with Crippen molar-refractivity contribution in [2.24, 2.45) is 5.73 Å². The van der Waals surface area contributed by atoms with E-state index in [-0.39, 0.29) is 54.7 Å². The minimum Gasteiger partial charge on any atom is -0.370 e. The van der Waals surface area contributed by atoms with Gasteiger partial charge in [0.2, 0.25) is 5.91 Å². The van der Waals surface area contributed by atoms with Gasteiger partial charge in [-0.1, -0.05) is 30.3 Å². The smallest absolute Gasteiger partial charge is 0.332 e. The summed E-state index contributed by atoms with van der Waals surface area (Å²) in [6.07, 6.45) is 0.104. The molecule has 1 aliphatic heterocycles. The zero-order chi connectivity index (χ0) is 18.2. The molecular weight excluding hydrogens is 382 g/mol. The molecule has 2 N–H and O–H groups in total. The molecule has 2 heterocycles. The number of hydrogen-bond donors (Lipinski definition) is 1. The van der Waals surface area contributed by atoms with E-state index in [1.165, 1.54) is 0 Å². The molecule has 0 bridgehead atoms. The fourth-order valence-corrected chi connectivity index (χ4v) is 4.71. The molecule has 0 radical (unpaired) electrons. The molecule has 10 heteroatoms. The molecule has 1 aliphatic rings. The number of primary amides is 1. The molecule has 140 valence electrons. The van der Waals surface area contributed by atoms with Gasteiger partial charge < -0.3 is 5.73 Å². The molecule has 3 rings (SSSR count). The normalized spacial score (nSPS) is 14.9. The van der Waals surface area contributed by atoms with E-state index in [2.05, 4.69) is 0 Å². The lowest BCUT2D eigenvalue weighted by Gasteiger charge is -2.22. The van der Waals surface area contributed by atoms with Crippen molar-refractivity contribution < 1.29 is 13.2 Å². The Hall–Kier alpha value is -2.39. The SMILES string of the molecule is Cl.NC(=O)CCn1c(=O)c(-c2ccccc2)c2n(c1=O)CCCS2(=O)=O. The van der Waals surface area contributed by atoms with E-state index in [0.29, 0.717) is 5.56 Å². The number of aromatic nitrogens is 2. The lowest BCUT2D eigenvalue weighted by atomic mass is 10.1. The summed E-state index contributed by atoms with van der Waals surface area (Å²) >= 11 is 0. The van der Waals surface area contributed by atoms with Crippen LogP contribution in [0.3, 0.4) is 0 Å². The van der Waals surface area contributed by atoms with Gasteiger partial charge in [0.25, 0.3) is 5.56 Å². The first kappa shape index (κ1) is 19.9. The molecular formula is C16H18ClN3O5S. The van der Waals surface area contributed by atoms with Crippen molar-refractivity contribution in [1.29, 1.82) is 0 Å². The first-order valence-corrected chi connectivity index (χ1v) is 9.42. The van der Waals surface area contributed by atoms with E-state index in [0.717, 1.165) is 9.13 Å². The van der Waals surface area contributed by atoms with Gasteiger partial charge in [0.15, 0.2) is 14.9 Å². The molecule has 1 aromatic carbocycles. The van der Waals surface area contributed by atoms with Gasteiger partial charge in [-0.15, -0.1) is 12.4 Å². The molecule has 0 aliphatic carbocycles. The summed E-state index contributed by atoms with van der Waals surface area (Å²) in [5.74, 6) is -0.764. The standard InChI is InChI=1S/C16H17N3O5S.ClH/c17-12(20)7-9-18-14(21)13(11-5-2-1-3-6-11)15-19(16(18)22)8-4-10-25(15,23)24;/h1-3,5-6H,4,7-10H2,(H2,17,20);1H. The molecule has 2 aromatic rings. The maximum absolute atomic E-state index is 12.9. The first-order valence-electron chi connectivity index (χ1n) is 7.77. The van der Waals surface area contributed by atoms with Crippen LogP contribution in [-0.4, -0.2) is 29.2 Å². The van der Waals surface area contributed by atoms with Crippen molar-refractivity contribution in [2.45, 2.75) is 31.0 Å². The predicted octanol–water partition coefficient (Wildman–Crippen LogP) is 0.152. The van der Waals surface area contributed by atoms with Crippen molar-refractivity contribution >= 4 is 28.2 Å². The van der Waals surface area contributed by atoms with Gasteiger partial charge in [0, 0.05) is 19.5 Å². The molecule has 1 amide bonds. The zero-order valence-corrected chi connectivity index (χ0v) is 15.4. The van der Waals surface area contributed by atoms with Crippen molar-refractivity contribution in [3.63, 3.8) is 0 Å². The van der Waals surface area contributed by atoms with Gasteiger partial charge in [-0.05, 0) is 12.0 Å². The molecule has 0 unspecified atom stereocenters. The van der Waals surface area contributed by atoms with Crippen LogP contribution in [0.2, 0.25) is 0 Å². The fraction of sp³-hybridized carbons (Fsp3) is 0.312. The van der Waals surface area contributed by atoms with Crippen LogP contribution in [0.4, 0.5) is 0 Å². The van der Waals surface area contributed by atoms with Crippen molar-refractivity contribution in [3.8, 4) is 11.1 Å². The van der Waals surface area contributed by atoms with Crippen molar-refractivity contribution in [2.75, 3.05) is 5.75 Å². The molecule has 26 heavy (non-hydrogen) atoms. The number of amides is 1. The van der Waals surface area contributed by atoms with Crippen LogP contribution in [0.1, 0.15) is 12.8 Å². The molecule has 8 nitrogen and oxygen atoms in total. The van der Waals surface area contributed by atoms with Crippen LogP contribution in [0.15, 0.2) is 44.9 Å². The third kappa shape index (κ3) is 3.45. The average Bonchev–Trinajstić information content (AvgIpc) is 2.56. The van der Waals surface area contributed by atoms with E-state index in [1.807, 2.05) is 0 Å². The Morgan fingerprint density at radius 3 is 2.42 bits per heavy atom. The summed E-state index contributed by atoms with van der Waals surface area (Å²) in [5.41, 5.74) is 4.03. The predicted molar refractivity (Wildman–Crippen MR) is 98.1 cm³/mol. The molecule has 1 aromatic heterocycles. The number of carbonyl (C=O) groups excluding carboxylic acids is 1. The Bertz CT molecular complexity index is 1060. The third-order valence-electron chi connectivity index (χ3n) is 4.11. The highest BCUT2D eigenvalue weighted by molar-refractivity contribution is 7.91. The topological polar surface area (TPSA) is 121 Å². The van der Waals surface area contributed by atoms with Crippen LogP contribution >= 0.6 is 12.4 Å². The van der Waals surface area contributed by atoms with Crippen molar-refractivity contribution in [3.05, 3.63) is 51.2 Å². The lowest BCUT2D eigenvalue weighted by molar-refractivity contribution is -0.118. The summed E-state index contributed by atoms with van der Waals surface area (Å²) in [4.78, 5) is 36.6. The molecule has 0 saturated heterocycles. The van der Waals surface area contributed by atoms with Crippen LogP contribution in [0, 0.1) is 0 Å². The largest absolute Gasteiger partial charge is 0.370 e. The van der Waals surface area contributed by atoms with Gasteiger partial charge in [-0.3, -0.25) is 18.7 Å². The average molecular weight is 400 g/mol. The first-order chi connectivity index (χ1) is 11.8. The highest BCUT2D eigenvalue weighted by atomic mass is 35.5. The number of nitrogens with zero attached hydrogens (tertiary/aromatic N) is 2. The van der Waals surface area contributed by atoms with Gasteiger partial charge in [-0.25, -0.2) is 13.2 Å². The Balaban J connectivity index is 0.00000243. The highest BCUT2D eigenvalue weighted by Crippen LogP contribution is 2.27. The van der Waals surface area contributed by atoms with E-state index in [4.69, 9.17) is 5.73 Å². The fourth-order valence-electron chi connectivity index (χ4n) is 2.98. The summed E-state index contributed by atoms with van der Waals surface area (Å²) < 4.78 is 27.1. The maximum atomic E-state index is 12.9. The van der Waals surface area contributed by atoms with Crippen LogP contribution in [-0.2, 0) is 27.7 Å². The Morgan fingerprint density at radius 2 is 1.81 bits per heavy atom. The van der Waals surface area contributed by atoms with Gasteiger partial charge in [0.05, 0.1) is 11.3 Å². The molecule has 0 saturated carbocycles. The number of halogens is 1. The second-order valence-corrected chi connectivity index (χ2v) is 7.85. The van der Waals surface area contributed by atoms with Crippen LogP contribution in [0.25, 0.3) is 11.1 Å². The lowest BCUT2D eigenvalue weighted by Crippen LogP contribution is -2.45. The summed E-state index contributed by atoms with van der Waals surface area (Å²) in [6, 6.07) is 8.33. The Labute approximate surface area is 155 Å². The molecule has 0 spiro atoms. The van der Waals surface area contributed by atoms with Crippen LogP contribution in [0.5, 0.6) is 0 Å². The zero-order valence-electron chi connectivity index (χ0n) is 13.8. The molecule has 0 fully saturated rings. The van der Waals surface area contributed by atoms with Crippen molar-refractivity contribution in [1.82, 2.24) is 9.13 Å². The van der Waals surface area contributed by atoms with Crippen LogP contribution < -0.4 is 17.0 Å². The number of hydrogen-bond acceptors (Lipinski definition) is 5. The quantitative estimate of drug-likeness (QED) is 0.733. The Kier molecular flexibility index (Phi) is 5.72. The number of sulfone groups is 1. The third-order valence-corrected chi connectivity index (χ3v) is 5.95. The monoisotopic (exact) mass is 399 g/mol. The second-order valence-electron chi connectivity index (χ2n) is 5.83. The second kappa shape index (κ2) is 7.46. The van der Waals surface area contributed by atoms with E-state index >= 15 is 0 Å². The number of benzene rings is 1. The molecule has 0 atom stereocenters. The number of fused-ring (bicyclic) bond motifs is 1. The summed E-state index contributed by atoms with van der Waals surface area (Å²) in [6.45, 7) is 0.0112. The van der Waals surface area contributed by atoms with Gasteiger partial charge in [0.1, 0.15) is 0 Å². The number of nitrogens with two attached hydrogens (primary N) is 1. The Morgan fingerprint density at radius 1 is 1.15 bits per heavy atom. The number of carbonyl (C=O) groups is 1. The van der Waals surface area contributed by atoms with E-state index < -0.39 is 27.0 Å². The minimum absolute atomic E-state index is 0. The summed E-state index contributed by atoms with van der Waals surface area (Å²) in [7, 11) is -3.76. The van der Waals surface area contributed by atoms with Gasteiger partial charge in [-0.2, -0.15) is 0 Å². The van der Waals surface area contributed by atoms with Gasteiger partial charge >= 0.3 is 5.69 Å².